The second-order valence-corrected chi connectivity index (χ2v) is 5.64. The van der Waals surface area contributed by atoms with Gasteiger partial charge in [0.1, 0.15) is 6.04 Å². The van der Waals surface area contributed by atoms with E-state index in [1.54, 1.807) is 6.07 Å². The Bertz CT molecular complexity index is 491. The third-order valence-electron chi connectivity index (χ3n) is 3.07. The number of aromatic hydroxyl groups is 1. The molecule has 1 atom stereocenters. The molecular formula is C15H22ClNO4. The van der Waals surface area contributed by atoms with Crippen molar-refractivity contribution in [2.24, 2.45) is 5.92 Å². The molecule has 0 aliphatic heterocycles. The fourth-order valence-corrected chi connectivity index (χ4v) is 2.26. The monoisotopic (exact) mass is 315 g/mol. The van der Waals surface area contributed by atoms with Gasteiger partial charge in [-0.05, 0) is 18.4 Å². The van der Waals surface area contributed by atoms with Crippen LogP contribution in [-0.2, 0) is 16.1 Å². The van der Waals surface area contributed by atoms with Crippen LogP contribution in [0.4, 0.5) is 0 Å². The number of benzene rings is 1. The summed E-state index contributed by atoms with van der Waals surface area (Å²) in [5, 5.41) is 13.6. The lowest BCUT2D eigenvalue weighted by atomic mass is 10.0. The van der Waals surface area contributed by atoms with Crippen molar-refractivity contribution in [1.29, 1.82) is 0 Å². The van der Waals surface area contributed by atoms with Gasteiger partial charge in [0, 0.05) is 23.2 Å². The van der Waals surface area contributed by atoms with E-state index in [2.05, 4.69) is 5.32 Å². The molecule has 0 amide bonds. The van der Waals surface area contributed by atoms with Crippen LogP contribution in [0.25, 0.3) is 0 Å². The Kier molecular flexibility index (Phi) is 6.78. The van der Waals surface area contributed by atoms with Crippen LogP contribution in [0.3, 0.4) is 0 Å². The Balaban J connectivity index is 2.84. The maximum absolute atomic E-state index is 11.7. The van der Waals surface area contributed by atoms with Gasteiger partial charge in [-0.2, -0.15) is 0 Å². The van der Waals surface area contributed by atoms with Crippen molar-refractivity contribution in [2.45, 2.75) is 32.9 Å². The van der Waals surface area contributed by atoms with E-state index in [0.29, 0.717) is 28.7 Å². The summed E-state index contributed by atoms with van der Waals surface area (Å²) >= 11 is 5.98. The van der Waals surface area contributed by atoms with Gasteiger partial charge < -0.3 is 19.9 Å². The Morgan fingerprint density at radius 2 is 2.05 bits per heavy atom. The molecule has 0 spiro atoms. The summed E-state index contributed by atoms with van der Waals surface area (Å²) < 4.78 is 9.84. The van der Waals surface area contributed by atoms with Crippen LogP contribution in [0.2, 0.25) is 5.02 Å². The Morgan fingerprint density at radius 3 is 2.57 bits per heavy atom. The molecule has 1 aromatic rings. The van der Waals surface area contributed by atoms with Crippen LogP contribution in [0, 0.1) is 5.92 Å². The number of nitrogens with one attached hydrogen (secondary N) is 1. The zero-order valence-electron chi connectivity index (χ0n) is 12.8. The normalized spacial score (nSPS) is 12.3. The zero-order chi connectivity index (χ0) is 16.0. The topological polar surface area (TPSA) is 67.8 Å². The number of halogens is 1. The van der Waals surface area contributed by atoms with E-state index in [4.69, 9.17) is 21.1 Å². The molecule has 0 radical (unpaired) electrons. The van der Waals surface area contributed by atoms with Gasteiger partial charge in [-0.15, -0.1) is 0 Å². The number of carbonyl (C=O) groups excluding carboxylic acids is 1. The van der Waals surface area contributed by atoms with Crippen molar-refractivity contribution in [3.63, 3.8) is 0 Å². The van der Waals surface area contributed by atoms with E-state index in [1.165, 1.54) is 20.3 Å². The Hall–Kier alpha value is -1.46. The number of hydrogen-bond donors (Lipinski definition) is 2. The summed E-state index contributed by atoms with van der Waals surface area (Å²) in [6.07, 6.45) is 0.644. The fourth-order valence-electron chi connectivity index (χ4n) is 2.03. The molecule has 0 saturated heterocycles. The quantitative estimate of drug-likeness (QED) is 0.757. The van der Waals surface area contributed by atoms with E-state index < -0.39 is 6.04 Å². The second-order valence-electron chi connectivity index (χ2n) is 5.20. The molecule has 5 nitrogen and oxygen atoms in total. The lowest BCUT2D eigenvalue weighted by Gasteiger charge is -2.19. The first-order chi connectivity index (χ1) is 9.88. The summed E-state index contributed by atoms with van der Waals surface area (Å²) in [5.74, 6) is 0.335. The number of esters is 1. The summed E-state index contributed by atoms with van der Waals surface area (Å²) in [7, 11) is 2.82. The number of hydrogen-bond acceptors (Lipinski definition) is 5. The molecule has 0 saturated carbocycles. The molecule has 1 aromatic carbocycles. The zero-order valence-corrected chi connectivity index (χ0v) is 13.5. The molecule has 1 unspecified atom stereocenters. The van der Waals surface area contributed by atoms with E-state index in [1.807, 2.05) is 13.8 Å². The molecule has 0 aliphatic rings. The minimum Gasteiger partial charge on any atom is -0.504 e. The molecule has 0 heterocycles. The number of methoxy groups -OCH3 is 2. The largest absolute Gasteiger partial charge is 0.504 e. The predicted molar refractivity (Wildman–Crippen MR) is 81.8 cm³/mol. The molecule has 0 bridgehead atoms. The maximum atomic E-state index is 11.7. The van der Waals surface area contributed by atoms with Crippen molar-refractivity contribution in [3.05, 3.63) is 22.7 Å². The van der Waals surface area contributed by atoms with Crippen LogP contribution in [0.5, 0.6) is 11.5 Å². The summed E-state index contributed by atoms with van der Waals surface area (Å²) in [5.41, 5.74) is 0.567. The van der Waals surface area contributed by atoms with Crippen molar-refractivity contribution >= 4 is 17.6 Å². The van der Waals surface area contributed by atoms with Crippen LogP contribution in [0.15, 0.2) is 12.1 Å². The van der Waals surface area contributed by atoms with E-state index in [9.17, 15) is 9.90 Å². The van der Waals surface area contributed by atoms with Crippen molar-refractivity contribution in [1.82, 2.24) is 5.32 Å². The van der Waals surface area contributed by atoms with Gasteiger partial charge in [-0.1, -0.05) is 25.4 Å². The first-order valence-corrected chi connectivity index (χ1v) is 7.13. The number of phenolic OH excluding ortho intramolecular Hbond substituents is 1. The smallest absolute Gasteiger partial charge is 0.322 e. The van der Waals surface area contributed by atoms with Gasteiger partial charge >= 0.3 is 5.97 Å². The second kappa shape index (κ2) is 8.10. The molecule has 2 N–H and O–H groups in total. The van der Waals surface area contributed by atoms with Gasteiger partial charge in [0.15, 0.2) is 11.5 Å². The van der Waals surface area contributed by atoms with Crippen molar-refractivity contribution in [3.8, 4) is 11.5 Å². The van der Waals surface area contributed by atoms with Crippen LogP contribution < -0.4 is 10.1 Å². The van der Waals surface area contributed by atoms with Gasteiger partial charge in [0.25, 0.3) is 0 Å². The first-order valence-electron chi connectivity index (χ1n) is 6.75. The fraction of sp³-hybridized carbons (Fsp3) is 0.533. The average molecular weight is 316 g/mol. The van der Waals surface area contributed by atoms with Gasteiger partial charge in [-0.25, -0.2) is 0 Å². The van der Waals surface area contributed by atoms with Crippen molar-refractivity contribution in [2.75, 3.05) is 14.2 Å². The lowest BCUT2D eigenvalue weighted by molar-refractivity contribution is -0.143. The third kappa shape index (κ3) is 5.10. The minimum absolute atomic E-state index is 0.0163. The van der Waals surface area contributed by atoms with E-state index >= 15 is 0 Å². The maximum Gasteiger partial charge on any atom is 0.322 e. The molecule has 0 aliphatic carbocycles. The highest BCUT2D eigenvalue weighted by molar-refractivity contribution is 6.30. The number of rotatable bonds is 7. The van der Waals surface area contributed by atoms with Gasteiger partial charge in [0.2, 0.25) is 0 Å². The number of ether oxygens (including phenoxy) is 2. The number of phenols is 1. The Labute approximate surface area is 130 Å². The van der Waals surface area contributed by atoms with E-state index in [-0.39, 0.29) is 18.3 Å². The first kappa shape index (κ1) is 17.6. The van der Waals surface area contributed by atoms with Gasteiger partial charge in [-0.3, -0.25) is 4.79 Å². The highest BCUT2D eigenvalue weighted by Gasteiger charge is 2.21. The summed E-state index contributed by atoms with van der Waals surface area (Å²) in [6.45, 7) is 4.34. The van der Waals surface area contributed by atoms with Crippen LogP contribution in [0.1, 0.15) is 25.8 Å². The molecule has 21 heavy (non-hydrogen) atoms. The summed E-state index contributed by atoms with van der Waals surface area (Å²) in [6, 6.07) is 2.74. The minimum atomic E-state index is -0.431. The van der Waals surface area contributed by atoms with Gasteiger partial charge in [0.05, 0.1) is 14.2 Å². The number of carbonyl (C=O) groups is 1. The van der Waals surface area contributed by atoms with Crippen LogP contribution >= 0.6 is 11.6 Å². The Morgan fingerprint density at radius 1 is 1.38 bits per heavy atom. The standard InChI is InChI=1S/C15H22ClNO4/c1-9(2)5-12(15(19)21-4)17-8-10-6-11(16)7-13(20-3)14(10)18/h6-7,9,12,17-18H,5,8H2,1-4H3. The highest BCUT2D eigenvalue weighted by Crippen LogP contribution is 2.33. The highest BCUT2D eigenvalue weighted by atomic mass is 35.5. The molecule has 6 heteroatoms. The lowest BCUT2D eigenvalue weighted by Crippen LogP contribution is -2.38. The van der Waals surface area contributed by atoms with Crippen molar-refractivity contribution < 1.29 is 19.4 Å². The predicted octanol–water partition coefficient (Wildman–Crippen LogP) is 2.73. The van der Waals surface area contributed by atoms with E-state index in [0.717, 1.165) is 0 Å². The molecule has 0 fully saturated rings. The summed E-state index contributed by atoms with van der Waals surface area (Å²) in [4.78, 5) is 11.7. The third-order valence-corrected chi connectivity index (χ3v) is 3.29. The molecule has 0 aromatic heterocycles. The average Bonchev–Trinajstić information content (AvgIpc) is 2.44. The SMILES string of the molecule is COC(=O)C(CC(C)C)NCc1cc(Cl)cc(OC)c1O. The molecule has 1 rings (SSSR count). The molecule has 118 valence electrons. The molecular weight excluding hydrogens is 294 g/mol. The van der Waals surface area contributed by atoms with Crippen LogP contribution in [-0.4, -0.2) is 31.3 Å².